The van der Waals surface area contributed by atoms with Crippen molar-refractivity contribution in [2.75, 3.05) is 19.5 Å². The maximum Gasteiger partial charge on any atom is 0.418 e. The zero-order valence-corrected chi connectivity index (χ0v) is 15.5. The van der Waals surface area contributed by atoms with Crippen LogP contribution in [0.15, 0.2) is 42.0 Å². The van der Waals surface area contributed by atoms with Crippen LogP contribution >= 0.6 is 11.6 Å². The van der Waals surface area contributed by atoms with Gasteiger partial charge in [0.25, 0.3) is 5.91 Å². The molecule has 2 rings (SSSR count). The maximum atomic E-state index is 13.1. The molecule has 0 aromatic heterocycles. The Morgan fingerprint density at radius 1 is 1.21 bits per heavy atom. The van der Waals surface area contributed by atoms with Crippen LogP contribution < -0.4 is 14.8 Å². The quantitative estimate of drug-likeness (QED) is 0.561. The Balaban J connectivity index is 2.38. The van der Waals surface area contributed by atoms with Gasteiger partial charge in [0.15, 0.2) is 11.5 Å². The second-order valence-electron chi connectivity index (χ2n) is 5.41. The van der Waals surface area contributed by atoms with Gasteiger partial charge in [-0.25, -0.2) is 0 Å². The molecule has 0 aliphatic rings. The predicted molar refractivity (Wildman–Crippen MR) is 98.2 cm³/mol. The van der Waals surface area contributed by atoms with E-state index in [1.807, 2.05) is 0 Å². The summed E-state index contributed by atoms with van der Waals surface area (Å²) >= 11 is 6.08. The first-order valence-corrected chi connectivity index (χ1v) is 8.10. The molecule has 0 bridgehead atoms. The lowest BCUT2D eigenvalue weighted by Gasteiger charge is -2.13. The van der Waals surface area contributed by atoms with Gasteiger partial charge in [0.2, 0.25) is 0 Å². The third-order valence-corrected chi connectivity index (χ3v) is 3.89. The molecule has 0 heterocycles. The summed E-state index contributed by atoms with van der Waals surface area (Å²) < 4.78 is 49.4. The van der Waals surface area contributed by atoms with Crippen LogP contribution in [0.4, 0.5) is 18.9 Å². The molecule has 2 aromatic carbocycles. The zero-order chi connectivity index (χ0) is 20.9. The van der Waals surface area contributed by atoms with Crippen molar-refractivity contribution < 1.29 is 27.4 Å². The molecule has 28 heavy (non-hydrogen) atoms. The zero-order valence-electron chi connectivity index (χ0n) is 14.7. The molecule has 0 spiro atoms. The largest absolute Gasteiger partial charge is 0.493 e. The van der Waals surface area contributed by atoms with E-state index in [0.717, 1.165) is 12.1 Å². The number of hydrogen-bond donors (Lipinski definition) is 1. The van der Waals surface area contributed by atoms with E-state index in [1.165, 1.54) is 44.6 Å². The summed E-state index contributed by atoms with van der Waals surface area (Å²) in [6.45, 7) is 0. The minimum Gasteiger partial charge on any atom is -0.493 e. The smallest absolute Gasteiger partial charge is 0.418 e. The molecule has 0 radical (unpaired) electrons. The van der Waals surface area contributed by atoms with E-state index < -0.39 is 28.9 Å². The Hall–Kier alpha value is -3.18. The molecule has 0 saturated carbocycles. The van der Waals surface area contributed by atoms with Gasteiger partial charge in [-0.1, -0.05) is 23.7 Å². The minimum absolute atomic E-state index is 0.174. The summed E-state index contributed by atoms with van der Waals surface area (Å²) in [5, 5.41) is 11.6. The van der Waals surface area contributed by atoms with Crippen molar-refractivity contribution in [3.8, 4) is 17.6 Å². The molecule has 0 saturated heterocycles. The number of carbonyl (C=O) groups excluding carboxylic acids is 1. The summed E-state index contributed by atoms with van der Waals surface area (Å²) in [6, 6.07) is 9.04. The number of carbonyl (C=O) groups is 1. The van der Waals surface area contributed by atoms with E-state index in [-0.39, 0.29) is 16.5 Å². The summed E-state index contributed by atoms with van der Waals surface area (Å²) in [5.41, 5.74) is -1.56. The molecular formula is C19H14ClF3N2O3. The molecule has 0 unspecified atom stereocenters. The van der Waals surface area contributed by atoms with Gasteiger partial charge in [-0.15, -0.1) is 0 Å². The van der Waals surface area contributed by atoms with Crippen LogP contribution in [0.2, 0.25) is 5.02 Å². The maximum absolute atomic E-state index is 13.1. The fourth-order valence-electron chi connectivity index (χ4n) is 2.37. The summed E-state index contributed by atoms with van der Waals surface area (Å²) in [4.78, 5) is 12.3. The van der Waals surface area contributed by atoms with Crippen molar-refractivity contribution in [3.63, 3.8) is 0 Å². The van der Waals surface area contributed by atoms with Crippen LogP contribution in [-0.4, -0.2) is 20.1 Å². The molecule has 2 aromatic rings. The number of ether oxygens (including phenoxy) is 2. The molecule has 0 atom stereocenters. The van der Waals surface area contributed by atoms with Gasteiger partial charge >= 0.3 is 6.18 Å². The number of methoxy groups -OCH3 is 2. The number of hydrogen-bond acceptors (Lipinski definition) is 4. The van der Waals surface area contributed by atoms with Gasteiger partial charge in [0.1, 0.15) is 11.6 Å². The molecular weight excluding hydrogens is 397 g/mol. The third-order valence-electron chi connectivity index (χ3n) is 3.61. The standard InChI is InChI=1S/C19H14ClF3N2O3/c1-27-16-9-11(8-14(20)17(16)28-2)7-12(10-24)18(26)25-15-6-4-3-5-13(15)19(21,22)23/h3-9H,1-2H3,(H,25,26)/b12-7+. The van der Waals surface area contributed by atoms with Crippen LogP contribution in [0.25, 0.3) is 6.08 Å². The Labute approximate surface area is 163 Å². The van der Waals surface area contributed by atoms with Gasteiger partial charge in [-0.05, 0) is 35.9 Å². The number of alkyl halides is 3. The molecule has 5 nitrogen and oxygen atoms in total. The first-order valence-electron chi connectivity index (χ1n) is 7.72. The first-order chi connectivity index (χ1) is 13.2. The van der Waals surface area contributed by atoms with E-state index in [4.69, 9.17) is 21.1 Å². The number of para-hydroxylation sites is 1. The van der Waals surface area contributed by atoms with Crippen LogP contribution in [0, 0.1) is 11.3 Å². The second-order valence-corrected chi connectivity index (χ2v) is 5.81. The Morgan fingerprint density at radius 3 is 2.46 bits per heavy atom. The van der Waals surface area contributed by atoms with Crippen LogP contribution in [0.3, 0.4) is 0 Å². The Bertz CT molecular complexity index is 966. The predicted octanol–water partition coefficient (Wildman–Crippen LogP) is 4.92. The molecule has 1 N–H and O–H groups in total. The molecule has 146 valence electrons. The van der Waals surface area contributed by atoms with Gasteiger partial charge in [0, 0.05) is 0 Å². The fourth-order valence-corrected chi connectivity index (χ4v) is 2.66. The highest BCUT2D eigenvalue weighted by Gasteiger charge is 2.33. The van der Waals surface area contributed by atoms with Crippen molar-refractivity contribution in [1.82, 2.24) is 0 Å². The van der Waals surface area contributed by atoms with E-state index >= 15 is 0 Å². The minimum atomic E-state index is -4.66. The number of rotatable bonds is 5. The van der Waals surface area contributed by atoms with E-state index in [0.29, 0.717) is 5.56 Å². The molecule has 9 heteroatoms. The van der Waals surface area contributed by atoms with Crippen molar-refractivity contribution in [2.24, 2.45) is 0 Å². The number of nitriles is 1. The lowest BCUT2D eigenvalue weighted by molar-refractivity contribution is -0.137. The highest BCUT2D eigenvalue weighted by Crippen LogP contribution is 2.37. The van der Waals surface area contributed by atoms with Crippen LogP contribution in [-0.2, 0) is 11.0 Å². The van der Waals surface area contributed by atoms with Crippen molar-refractivity contribution in [2.45, 2.75) is 6.18 Å². The average Bonchev–Trinajstić information content (AvgIpc) is 2.65. The van der Waals surface area contributed by atoms with Gasteiger partial charge in [-0.3, -0.25) is 4.79 Å². The first kappa shape index (κ1) is 21.1. The number of anilines is 1. The summed E-state index contributed by atoms with van der Waals surface area (Å²) in [7, 11) is 2.78. The van der Waals surface area contributed by atoms with Crippen molar-refractivity contribution >= 4 is 29.3 Å². The van der Waals surface area contributed by atoms with Crippen LogP contribution in [0.5, 0.6) is 11.5 Å². The van der Waals surface area contributed by atoms with Crippen LogP contribution in [0.1, 0.15) is 11.1 Å². The average molecular weight is 411 g/mol. The van der Waals surface area contributed by atoms with Gasteiger partial charge in [0.05, 0.1) is 30.5 Å². The molecule has 0 fully saturated rings. The Kier molecular flexibility index (Phi) is 6.54. The Morgan fingerprint density at radius 2 is 1.89 bits per heavy atom. The monoisotopic (exact) mass is 410 g/mol. The van der Waals surface area contributed by atoms with E-state index in [2.05, 4.69) is 5.32 Å². The SMILES string of the molecule is COc1cc(/C=C(\C#N)C(=O)Nc2ccccc2C(F)(F)F)cc(Cl)c1OC. The van der Waals surface area contributed by atoms with E-state index in [1.54, 1.807) is 6.07 Å². The second kappa shape index (κ2) is 8.67. The fraction of sp³-hybridized carbons (Fsp3) is 0.158. The number of amides is 1. The highest BCUT2D eigenvalue weighted by molar-refractivity contribution is 6.32. The number of benzene rings is 2. The lowest BCUT2D eigenvalue weighted by atomic mass is 10.1. The molecule has 1 amide bonds. The van der Waals surface area contributed by atoms with E-state index in [9.17, 15) is 23.2 Å². The van der Waals surface area contributed by atoms with Gasteiger partial charge in [-0.2, -0.15) is 18.4 Å². The summed E-state index contributed by atoms with van der Waals surface area (Å²) in [5.74, 6) is -0.463. The summed E-state index contributed by atoms with van der Waals surface area (Å²) in [6.07, 6.45) is -3.48. The topological polar surface area (TPSA) is 71.3 Å². The van der Waals surface area contributed by atoms with Crippen molar-refractivity contribution in [1.29, 1.82) is 5.26 Å². The lowest BCUT2D eigenvalue weighted by Crippen LogP contribution is -2.17. The normalized spacial score (nSPS) is 11.5. The highest BCUT2D eigenvalue weighted by atomic mass is 35.5. The molecule has 0 aliphatic heterocycles. The molecule has 0 aliphatic carbocycles. The number of nitrogens with one attached hydrogen (secondary N) is 1. The van der Waals surface area contributed by atoms with Gasteiger partial charge < -0.3 is 14.8 Å². The van der Waals surface area contributed by atoms with Crippen molar-refractivity contribution in [3.05, 3.63) is 58.1 Å². The number of nitrogens with zero attached hydrogens (tertiary/aromatic N) is 1. The number of halogens is 4. The third kappa shape index (κ3) is 4.75.